The number of thiophene rings is 1. The van der Waals surface area contributed by atoms with Crippen molar-refractivity contribution in [2.45, 2.75) is 25.7 Å². The number of aryl methyl sites for hydroxylation is 1. The molecule has 0 spiro atoms. The lowest BCUT2D eigenvalue weighted by molar-refractivity contribution is 0.000370. The molecule has 1 fully saturated rings. The summed E-state index contributed by atoms with van der Waals surface area (Å²) in [7, 11) is 0. The van der Waals surface area contributed by atoms with Gasteiger partial charge in [0.05, 0.1) is 6.61 Å². The molecule has 0 radical (unpaired) electrons. The summed E-state index contributed by atoms with van der Waals surface area (Å²) in [5, 5.41) is 2.14. The zero-order chi connectivity index (χ0) is 10.6. The van der Waals surface area contributed by atoms with E-state index < -0.39 is 0 Å². The van der Waals surface area contributed by atoms with E-state index >= 15 is 0 Å². The van der Waals surface area contributed by atoms with Gasteiger partial charge in [0.15, 0.2) is 0 Å². The largest absolute Gasteiger partial charge is 0.381 e. The normalized spacial score (nSPS) is 26.7. The smallest absolute Gasteiger partial charge is 0.0533 e. The fourth-order valence-electron chi connectivity index (χ4n) is 2.12. The van der Waals surface area contributed by atoms with Gasteiger partial charge in [0.25, 0.3) is 0 Å². The Balaban J connectivity index is 1.89. The third-order valence-corrected chi connectivity index (χ3v) is 4.67. The van der Waals surface area contributed by atoms with Crippen LogP contribution in [0.25, 0.3) is 0 Å². The molecule has 84 valence electrons. The molecular formula is C12H17ClOS. The number of rotatable bonds is 4. The quantitative estimate of drug-likeness (QED) is 0.734. The molecule has 3 heteroatoms. The van der Waals surface area contributed by atoms with Gasteiger partial charge in [-0.25, -0.2) is 0 Å². The van der Waals surface area contributed by atoms with Crippen LogP contribution in [0.2, 0.25) is 0 Å². The van der Waals surface area contributed by atoms with Crippen molar-refractivity contribution in [2.75, 3.05) is 19.1 Å². The van der Waals surface area contributed by atoms with Gasteiger partial charge in [-0.3, -0.25) is 0 Å². The maximum Gasteiger partial charge on any atom is 0.0533 e. The van der Waals surface area contributed by atoms with Crippen molar-refractivity contribution >= 4 is 22.9 Å². The number of halogens is 1. The highest BCUT2D eigenvalue weighted by Gasteiger charge is 2.31. The van der Waals surface area contributed by atoms with E-state index in [0.29, 0.717) is 0 Å². The van der Waals surface area contributed by atoms with Crippen molar-refractivity contribution in [3.8, 4) is 0 Å². The Morgan fingerprint density at radius 2 is 2.47 bits per heavy atom. The standard InChI is InChI=1S/C12H17ClOS/c13-9-12(5-2-7-14-10-12)6-4-11-3-1-8-15-11/h1,3,8H,2,4-7,9-10H2. The fourth-order valence-corrected chi connectivity index (χ4v) is 3.18. The highest BCUT2D eigenvalue weighted by atomic mass is 35.5. The summed E-state index contributed by atoms with van der Waals surface area (Å²) in [4.78, 5) is 1.46. The van der Waals surface area contributed by atoms with Gasteiger partial charge in [0.2, 0.25) is 0 Å². The van der Waals surface area contributed by atoms with E-state index in [1.54, 1.807) is 0 Å². The molecule has 1 unspecified atom stereocenters. The Morgan fingerprint density at radius 1 is 1.53 bits per heavy atom. The van der Waals surface area contributed by atoms with Crippen molar-refractivity contribution in [3.63, 3.8) is 0 Å². The molecule has 2 rings (SSSR count). The van der Waals surface area contributed by atoms with Crippen LogP contribution in [0.15, 0.2) is 17.5 Å². The van der Waals surface area contributed by atoms with Crippen LogP contribution in [0.4, 0.5) is 0 Å². The lowest BCUT2D eigenvalue weighted by Crippen LogP contribution is -2.34. The molecular weight excluding hydrogens is 228 g/mol. The molecule has 1 saturated heterocycles. The number of ether oxygens (including phenoxy) is 1. The van der Waals surface area contributed by atoms with Gasteiger partial charge in [-0.15, -0.1) is 22.9 Å². The number of hydrogen-bond acceptors (Lipinski definition) is 2. The lowest BCUT2D eigenvalue weighted by atomic mass is 9.80. The summed E-state index contributed by atoms with van der Waals surface area (Å²) in [6.45, 7) is 1.76. The Morgan fingerprint density at radius 3 is 3.07 bits per heavy atom. The van der Waals surface area contributed by atoms with Crippen molar-refractivity contribution in [3.05, 3.63) is 22.4 Å². The molecule has 0 aromatic carbocycles. The van der Waals surface area contributed by atoms with E-state index in [1.807, 2.05) is 11.3 Å². The predicted molar refractivity (Wildman–Crippen MR) is 65.8 cm³/mol. The first-order chi connectivity index (χ1) is 7.35. The average molecular weight is 245 g/mol. The van der Waals surface area contributed by atoms with Crippen LogP contribution < -0.4 is 0 Å². The molecule has 2 heterocycles. The molecule has 0 saturated carbocycles. The van der Waals surface area contributed by atoms with Gasteiger partial charge >= 0.3 is 0 Å². The molecule has 1 aromatic heterocycles. The van der Waals surface area contributed by atoms with Crippen molar-refractivity contribution in [1.82, 2.24) is 0 Å². The number of hydrogen-bond donors (Lipinski definition) is 0. The molecule has 0 bridgehead atoms. The minimum Gasteiger partial charge on any atom is -0.381 e. The average Bonchev–Trinajstić information content (AvgIpc) is 2.81. The van der Waals surface area contributed by atoms with Crippen LogP contribution in [0.1, 0.15) is 24.1 Å². The van der Waals surface area contributed by atoms with Crippen molar-refractivity contribution in [1.29, 1.82) is 0 Å². The third-order valence-electron chi connectivity index (χ3n) is 3.17. The van der Waals surface area contributed by atoms with Crippen molar-refractivity contribution in [2.24, 2.45) is 5.41 Å². The molecule has 1 aliphatic rings. The van der Waals surface area contributed by atoms with E-state index in [-0.39, 0.29) is 5.41 Å². The van der Waals surface area contributed by atoms with Gasteiger partial charge in [-0.05, 0) is 37.1 Å². The van der Waals surface area contributed by atoms with Gasteiger partial charge < -0.3 is 4.74 Å². The van der Waals surface area contributed by atoms with E-state index in [2.05, 4.69) is 17.5 Å². The summed E-state index contributed by atoms with van der Waals surface area (Å²) in [6, 6.07) is 4.32. The highest BCUT2D eigenvalue weighted by Crippen LogP contribution is 2.35. The Kier molecular flexibility index (Phi) is 4.06. The minimum absolute atomic E-state index is 0.240. The second-order valence-electron chi connectivity index (χ2n) is 4.37. The summed E-state index contributed by atoms with van der Waals surface area (Å²) >= 11 is 7.94. The highest BCUT2D eigenvalue weighted by molar-refractivity contribution is 7.09. The zero-order valence-corrected chi connectivity index (χ0v) is 10.4. The first kappa shape index (κ1) is 11.4. The van der Waals surface area contributed by atoms with E-state index in [0.717, 1.165) is 38.4 Å². The van der Waals surface area contributed by atoms with Gasteiger partial charge in [0, 0.05) is 22.8 Å². The third kappa shape index (κ3) is 2.96. The SMILES string of the molecule is ClCC1(CCc2cccs2)CCCOC1. The summed E-state index contributed by atoms with van der Waals surface area (Å²) in [5.74, 6) is 0.734. The van der Waals surface area contributed by atoms with E-state index in [4.69, 9.17) is 16.3 Å². The first-order valence-corrected chi connectivity index (χ1v) is 6.92. The maximum absolute atomic E-state index is 6.10. The first-order valence-electron chi connectivity index (χ1n) is 5.51. The molecule has 1 atom stereocenters. The monoisotopic (exact) mass is 244 g/mol. The van der Waals surface area contributed by atoms with Gasteiger partial charge in [-0.1, -0.05) is 6.07 Å². The zero-order valence-electron chi connectivity index (χ0n) is 8.88. The maximum atomic E-state index is 6.10. The van der Waals surface area contributed by atoms with E-state index in [1.165, 1.54) is 11.3 Å². The minimum atomic E-state index is 0.240. The Hall–Kier alpha value is -0.0500. The summed E-state index contributed by atoms with van der Waals surface area (Å²) < 4.78 is 5.57. The van der Waals surface area contributed by atoms with Crippen LogP contribution >= 0.6 is 22.9 Å². The Labute approximate surface area is 100 Å². The van der Waals surface area contributed by atoms with Gasteiger partial charge in [0.1, 0.15) is 0 Å². The predicted octanol–water partition coefficient (Wildman–Crippen LogP) is 3.72. The second kappa shape index (κ2) is 5.33. The van der Waals surface area contributed by atoms with Crippen LogP contribution in [0, 0.1) is 5.41 Å². The topological polar surface area (TPSA) is 9.23 Å². The summed E-state index contributed by atoms with van der Waals surface area (Å²) in [5.41, 5.74) is 0.240. The Bertz CT molecular complexity index is 278. The molecule has 1 nitrogen and oxygen atoms in total. The van der Waals surface area contributed by atoms with E-state index in [9.17, 15) is 0 Å². The van der Waals surface area contributed by atoms with Crippen LogP contribution in [-0.4, -0.2) is 19.1 Å². The molecule has 1 aliphatic heterocycles. The van der Waals surface area contributed by atoms with Crippen molar-refractivity contribution < 1.29 is 4.74 Å². The molecule has 15 heavy (non-hydrogen) atoms. The number of alkyl halides is 1. The lowest BCUT2D eigenvalue weighted by Gasteiger charge is -2.35. The van der Waals surface area contributed by atoms with Crippen LogP contribution in [0.5, 0.6) is 0 Å². The van der Waals surface area contributed by atoms with Crippen LogP contribution in [-0.2, 0) is 11.2 Å². The fraction of sp³-hybridized carbons (Fsp3) is 0.667. The second-order valence-corrected chi connectivity index (χ2v) is 5.67. The van der Waals surface area contributed by atoms with Crippen LogP contribution in [0.3, 0.4) is 0 Å². The summed E-state index contributed by atoms with van der Waals surface area (Å²) in [6.07, 6.45) is 4.70. The van der Waals surface area contributed by atoms with Gasteiger partial charge in [-0.2, -0.15) is 0 Å². The molecule has 0 amide bonds. The molecule has 0 N–H and O–H groups in total. The molecule has 0 aliphatic carbocycles. The molecule has 1 aromatic rings.